The van der Waals surface area contributed by atoms with Crippen molar-refractivity contribution in [1.82, 2.24) is 20.5 Å². The number of nitrogens with one attached hydrogen (secondary N) is 3. The minimum atomic E-state index is -1.09. The van der Waals surface area contributed by atoms with Crippen LogP contribution in [0, 0.1) is 0 Å². The number of benzene rings is 1. The fourth-order valence-corrected chi connectivity index (χ4v) is 3.25. The van der Waals surface area contributed by atoms with E-state index < -0.39 is 23.5 Å². The molecule has 3 rings (SSSR count). The summed E-state index contributed by atoms with van der Waals surface area (Å²) in [5, 5.41) is 16.3. The Hall–Kier alpha value is -3.62. The topological polar surface area (TPSA) is 130 Å². The van der Waals surface area contributed by atoms with E-state index in [1.165, 1.54) is 23.9 Å². The van der Waals surface area contributed by atoms with Gasteiger partial charge in [0.15, 0.2) is 0 Å². The number of pyridine rings is 1. The molecule has 9 nitrogen and oxygen atoms in total. The Morgan fingerprint density at radius 2 is 1.72 bits per heavy atom. The third kappa shape index (κ3) is 4.81. The standard InChI is InChI=1S/C20H22N4O5/c1-21-18(26)16-7-13(17(25)22-14-8-15(9-14)23-20(28)29)11-24(19(16)27)10-12-5-3-2-4-6-12/h2-7,11,14-15,23H,8-10H2,1H3,(H,21,26)(H,22,25)(H,28,29). The van der Waals surface area contributed by atoms with Crippen molar-refractivity contribution in [3.8, 4) is 0 Å². The Labute approximate surface area is 166 Å². The first kappa shape index (κ1) is 20.1. The van der Waals surface area contributed by atoms with Crippen LogP contribution in [0.1, 0.15) is 39.1 Å². The summed E-state index contributed by atoms with van der Waals surface area (Å²) in [5.41, 5.74) is 0.444. The molecule has 2 aromatic rings. The highest BCUT2D eigenvalue weighted by molar-refractivity contribution is 5.99. The number of nitrogens with zero attached hydrogens (tertiary/aromatic N) is 1. The molecule has 0 bridgehead atoms. The van der Waals surface area contributed by atoms with Crippen molar-refractivity contribution in [2.75, 3.05) is 7.05 Å². The lowest BCUT2D eigenvalue weighted by molar-refractivity contribution is 0.0901. The normalized spacial score (nSPS) is 17.7. The Morgan fingerprint density at radius 3 is 2.34 bits per heavy atom. The lowest BCUT2D eigenvalue weighted by atomic mass is 9.86. The van der Waals surface area contributed by atoms with Crippen LogP contribution >= 0.6 is 0 Å². The van der Waals surface area contributed by atoms with E-state index in [2.05, 4.69) is 16.0 Å². The molecule has 29 heavy (non-hydrogen) atoms. The predicted octanol–water partition coefficient (Wildman–Crippen LogP) is 0.785. The van der Waals surface area contributed by atoms with Crippen LogP contribution in [0.15, 0.2) is 47.4 Å². The summed E-state index contributed by atoms with van der Waals surface area (Å²) in [4.78, 5) is 48.1. The predicted molar refractivity (Wildman–Crippen MR) is 105 cm³/mol. The van der Waals surface area contributed by atoms with Crippen LogP contribution in [0.3, 0.4) is 0 Å². The molecule has 9 heteroatoms. The third-order valence-corrected chi connectivity index (χ3v) is 4.82. The lowest BCUT2D eigenvalue weighted by Gasteiger charge is -2.35. The maximum absolute atomic E-state index is 12.7. The SMILES string of the molecule is CNC(=O)c1cc(C(=O)NC2CC(NC(=O)O)C2)cn(Cc2ccccc2)c1=O. The van der Waals surface area contributed by atoms with Gasteiger partial charge in [0.05, 0.1) is 12.1 Å². The molecule has 1 aromatic heterocycles. The van der Waals surface area contributed by atoms with E-state index in [0.29, 0.717) is 12.8 Å². The fourth-order valence-electron chi connectivity index (χ4n) is 3.25. The number of carbonyl (C=O) groups is 3. The van der Waals surface area contributed by atoms with Crippen LogP contribution in [0.2, 0.25) is 0 Å². The maximum Gasteiger partial charge on any atom is 0.404 e. The minimum Gasteiger partial charge on any atom is -0.465 e. The van der Waals surface area contributed by atoms with Gasteiger partial charge in [-0.25, -0.2) is 4.79 Å². The summed E-state index contributed by atoms with van der Waals surface area (Å²) in [7, 11) is 1.42. The number of carbonyl (C=O) groups excluding carboxylic acids is 2. The van der Waals surface area contributed by atoms with Gasteiger partial charge in [0.1, 0.15) is 5.56 Å². The molecule has 1 aliphatic rings. The van der Waals surface area contributed by atoms with E-state index in [0.717, 1.165) is 5.56 Å². The molecule has 1 fully saturated rings. The second-order valence-corrected chi connectivity index (χ2v) is 6.93. The molecule has 0 atom stereocenters. The van der Waals surface area contributed by atoms with Crippen LogP contribution in [0.25, 0.3) is 0 Å². The van der Waals surface area contributed by atoms with E-state index in [1.54, 1.807) is 0 Å². The Balaban J connectivity index is 1.81. The molecule has 0 spiro atoms. The average molecular weight is 398 g/mol. The molecule has 0 unspecified atom stereocenters. The molecular formula is C20H22N4O5. The lowest BCUT2D eigenvalue weighted by Crippen LogP contribution is -2.53. The number of rotatable bonds is 6. The van der Waals surface area contributed by atoms with Crippen LogP contribution in [-0.2, 0) is 6.54 Å². The molecule has 1 aromatic carbocycles. The van der Waals surface area contributed by atoms with Gasteiger partial charge in [0, 0.05) is 25.3 Å². The van der Waals surface area contributed by atoms with Gasteiger partial charge in [-0.15, -0.1) is 0 Å². The molecule has 1 saturated carbocycles. The second kappa shape index (κ2) is 8.59. The van der Waals surface area contributed by atoms with Crippen molar-refractivity contribution in [1.29, 1.82) is 0 Å². The first-order chi connectivity index (χ1) is 13.9. The number of carboxylic acid groups (broad SMARTS) is 1. The van der Waals surface area contributed by atoms with Gasteiger partial charge in [-0.3, -0.25) is 14.4 Å². The Morgan fingerprint density at radius 1 is 1.07 bits per heavy atom. The number of amides is 3. The van der Waals surface area contributed by atoms with Crippen LogP contribution in [0.4, 0.5) is 4.79 Å². The molecule has 0 saturated heterocycles. The van der Waals surface area contributed by atoms with Gasteiger partial charge >= 0.3 is 6.09 Å². The summed E-state index contributed by atoms with van der Waals surface area (Å²) in [5.74, 6) is -0.989. The van der Waals surface area contributed by atoms with Crippen LogP contribution < -0.4 is 21.5 Å². The van der Waals surface area contributed by atoms with Gasteiger partial charge in [-0.1, -0.05) is 30.3 Å². The van der Waals surface area contributed by atoms with Gasteiger partial charge < -0.3 is 25.6 Å². The van der Waals surface area contributed by atoms with E-state index in [9.17, 15) is 19.2 Å². The molecule has 152 valence electrons. The highest BCUT2D eigenvalue weighted by atomic mass is 16.4. The molecule has 4 N–H and O–H groups in total. The zero-order valence-corrected chi connectivity index (χ0v) is 15.8. The third-order valence-electron chi connectivity index (χ3n) is 4.82. The van der Waals surface area contributed by atoms with E-state index in [1.807, 2.05) is 30.3 Å². The first-order valence-electron chi connectivity index (χ1n) is 9.18. The minimum absolute atomic E-state index is 0.116. The van der Waals surface area contributed by atoms with Crippen molar-refractivity contribution in [2.24, 2.45) is 0 Å². The summed E-state index contributed by atoms with van der Waals surface area (Å²) >= 11 is 0. The molecule has 3 amide bonds. The van der Waals surface area contributed by atoms with E-state index in [-0.39, 0.29) is 29.8 Å². The van der Waals surface area contributed by atoms with Gasteiger partial charge in [0.2, 0.25) is 0 Å². The largest absolute Gasteiger partial charge is 0.465 e. The van der Waals surface area contributed by atoms with Crippen molar-refractivity contribution >= 4 is 17.9 Å². The van der Waals surface area contributed by atoms with E-state index >= 15 is 0 Å². The fraction of sp³-hybridized carbons (Fsp3) is 0.300. The van der Waals surface area contributed by atoms with Crippen LogP contribution in [0.5, 0.6) is 0 Å². The van der Waals surface area contributed by atoms with Crippen molar-refractivity contribution in [2.45, 2.75) is 31.5 Å². The Bertz CT molecular complexity index is 980. The first-order valence-corrected chi connectivity index (χ1v) is 9.18. The van der Waals surface area contributed by atoms with Gasteiger partial charge in [-0.05, 0) is 24.5 Å². The highest BCUT2D eigenvalue weighted by Gasteiger charge is 2.31. The molecule has 0 aliphatic heterocycles. The summed E-state index contributed by atoms with van der Waals surface area (Å²) in [6.45, 7) is 0.221. The van der Waals surface area contributed by atoms with Crippen molar-refractivity contribution < 1.29 is 19.5 Å². The summed E-state index contributed by atoms with van der Waals surface area (Å²) < 4.78 is 1.34. The summed E-state index contributed by atoms with van der Waals surface area (Å²) in [6, 6.07) is 10.2. The van der Waals surface area contributed by atoms with Crippen LogP contribution in [-0.4, -0.2) is 46.7 Å². The zero-order valence-electron chi connectivity index (χ0n) is 15.8. The molecule has 0 radical (unpaired) electrons. The zero-order chi connectivity index (χ0) is 21.0. The van der Waals surface area contributed by atoms with Gasteiger partial charge in [0.25, 0.3) is 17.4 Å². The Kier molecular flexibility index (Phi) is 5.96. The number of aromatic nitrogens is 1. The van der Waals surface area contributed by atoms with Crippen molar-refractivity contribution in [3.63, 3.8) is 0 Å². The van der Waals surface area contributed by atoms with Gasteiger partial charge in [-0.2, -0.15) is 0 Å². The quantitative estimate of drug-likeness (QED) is 0.572. The summed E-state index contributed by atoms with van der Waals surface area (Å²) in [6.07, 6.45) is 1.32. The average Bonchev–Trinajstić information content (AvgIpc) is 2.67. The molecule has 1 aliphatic carbocycles. The number of hydrogen-bond donors (Lipinski definition) is 4. The smallest absolute Gasteiger partial charge is 0.404 e. The van der Waals surface area contributed by atoms with E-state index in [4.69, 9.17) is 5.11 Å². The highest BCUT2D eigenvalue weighted by Crippen LogP contribution is 2.20. The number of hydrogen-bond acceptors (Lipinski definition) is 4. The van der Waals surface area contributed by atoms with Crippen molar-refractivity contribution in [3.05, 3.63) is 69.6 Å². The molecular weight excluding hydrogens is 376 g/mol. The monoisotopic (exact) mass is 398 g/mol. The molecule has 1 heterocycles. The maximum atomic E-state index is 12.7. The second-order valence-electron chi connectivity index (χ2n) is 6.93.